The van der Waals surface area contributed by atoms with Crippen LogP contribution in [0.2, 0.25) is 0 Å². The number of hydrogen-bond acceptors (Lipinski definition) is 5. The third kappa shape index (κ3) is 4.36. The average molecular weight is 387 g/mol. The maximum absolute atomic E-state index is 12.9. The van der Waals surface area contributed by atoms with Crippen LogP contribution in [0.4, 0.5) is 0 Å². The van der Waals surface area contributed by atoms with E-state index in [-0.39, 0.29) is 24.4 Å². The Morgan fingerprint density at radius 1 is 1.41 bits per heavy atom. The number of aromatic nitrogens is 1. The van der Waals surface area contributed by atoms with E-state index in [1.165, 1.54) is 11.3 Å². The molecule has 27 heavy (non-hydrogen) atoms. The summed E-state index contributed by atoms with van der Waals surface area (Å²) in [4.78, 5) is 31.7. The third-order valence-electron chi connectivity index (χ3n) is 5.06. The highest BCUT2D eigenvalue weighted by molar-refractivity contribution is 7.09. The van der Waals surface area contributed by atoms with Crippen LogP contribution in [-0.4, -0.2) is 46.9 Å². The molecule has 0 saturated carbocycles. The number of carbonyl (C=O) groups is 2. The van der Waals surface area contributed by atoms with E-state index in [1.54, 1.807) is 6.20 Å². The van der Waals surface area contributed by atoms with E-state index in [9.17, 15) is 9.59 Å². The minimum absolute atomic E-state index is 0.00272. The van der Waals surface area contributed by atoms with Crippen molar-refractivity contribution in [2.75, 3.05) is 19.6 Å². The van der Waals surface area contributed by atoms with Crippen molar-refractivity contribution >= 4 is 23.2 Å². The predicted molar refractivity (Wildman–Crippen MR) is 106 cm³/mol. The molecular weight excluding hydrogens is 360 g/mol. The van der Waals surface area contributed by atoms with Crippen molar-refractivity contribution in [1.82, 2.24) is 20.5 Å². The molecule has 0 unspecified atom stereocenters. The van der Waals surface area contributed by atoms with Crippen LogP contribution in [0.5, 0.6) is 0 Å². The Morgan fingerprint density at radius 2 is 2.19 bits per heavy atom. The molecule has 0 spiro atoms. The van der Waals surface area contributed by atoms with E-state index in [0.29, 0.717) is 13.1 Å². The minimum atomic E-state index is -0.645. The van der Waals surface area contributed by atoms with Crippen LogP contribution in [0, 0.1) is 0 Å². The monoisotopic (exact) mass is 386 g/mol. The van der Waals surface area contributed by atoms with E-state index < -0.39 is 5.54 Å². The lowest BCUT2D eigenvalue weighted by atomic mass is 9.90. The Labute approximate surface area is 164 Å². The molecule has 3 rings (SSSR count). The molecular formula is C20H26N4O2S. The number of nitrogens with one attached hydrogen (secondary N) is 2. The van der Waals surface area contributed by atoms with Crippen molar-refractivity contribution < 1.29 is 9.59 Å². The predicted octanol–water partition coefficient (Wildman–Crippen LogP) is 2.34. The summed E-state index contributed by atoms with van der Waals surface area (Å²) in [5.41, 5.74) is 0.349. The maximum Gasteiger partial charge on any atom is 0.240 e. The number of thiazole rings is 1. The van der Waals surface area contributed by atoms with Crippen LogP contribution in [0.25, 0.3) is 0 Å². The normalized spacial score (nSPS) is 21.5. The minimum Gasteiger partial charge on any atom is -0.353 e. The smallest absolute Gasteiger partial charge is 0.240 e. The molecule has 1 aromatic carbocycles. The summed E-state index contributed by atoms with van der Waals surface area (Å²) in [5.74, 6) is -0.0981. The van der Waals surface area contributed by atoms with Gasteiger partial charge in [-0.3, -0.25) is 14.5 Å². The summed E-state index contributed by atoms with van der Waals surface area (Å²) < 4.78 is 0. The van der Waals surface area contributed by atoms with Gasteiger partial charge in [-0.2, -0.15) is 0 Å². The summed E-state index contributed by atoms with van der Waals surface area (Å²) in [6, 6.07) is 9.55. The maximum atomic E-state index is 12.9. The van der Waals surface area contributed by atoms with Crippen molar-refractivity contribution in [3.8, 4) is 0 Å². The standard InChI is InChI=1S/C20H26N4O2S/c1-3-9-20(2)19(26)22-10-12-24(20)14-16(25)23-17(18-21-11-13-27-18)15-7-5-4-6-8-15/h4-8,11,13,17H,3,9-10,12,14H2,1-2H3,(H,22,26)(H,23,25)/t17-,20+/m0/s1. The van der Waals surface area contributed by atoms with Gasteiger partial charge < -0.3 is 10.6 Å². The van der Waals surface area contributed by atoms with Gasteiger partial charge in [0.1, 0.15) is 11.0 Å². The first-order valence-electron chi connectivity index (χ1n) is 9.31. The summed E-state index contributed by atoms with van der Waals surface area (Å²) in [5, 5.41) is 8.80. The zero-order valence-electron chi connectivity index (χ0n) is 15.8. The molecule has 1 fully saturated rings. The number of piperazine rings is 1. The van der Waals surface area contributed by atoms with Crippen LogP contribution in [0.15, 0.2) is 41.9 Å². The summed E-state index contributed by atoms with van der Waals surface area (Å²) in [6.45, 7) is 5.41. The number of amides is 2. The van der Waals surface area contributed by atoms with Gasteiger partial charge in [-0.25, -0.2) is 4.98 Å². The zero-order chi connectivity index (χ0) is 19.3. The van der Waals surface area contributed by atoms with E-state index in [0.717, 1.165) is 23.4 Å². The fourth-order valence-corrected chi connectivity index (χ4v) is 4.30. The number of nitrogens with zero attached hydrogens (tertiary/aromatic N) is 2. The van der Waals surface area contributed by atoms with Gasteiger partial charge in [0.05, 0.1) is 12.1 Å². The van der Waals surface area contributed by atoms with Crippen molar-refractivity contribution in [3.05, 3.63) is 52.5 Å². The first-order valence-corrected chi connectivity index (χ1v) is 10.2. The molecule has 6 nitrogen and oxygen atoms in total. The first kappa shape index (κ1) is 19.5. The summed E-state index contributed by atoms with van der Waals surface area (Å²) >= 11 is 1.52. The Balaban J connectivity index is 1.75. The van der Waals surface area contributed by atoms with E-state index >= 15 is 0 Å². The van der Waals surface area contributed by atoms with Gasteiger partial charge in [0.15, 0.2) is 0 Å². The molecule has 2 N–H and O–H groups in total. The van der Waals surface area contributed by atoms with Crippen LogP contribution < -0.4 is 10.6 Å². The molecule has 0 radical (unpaired) electrons. The second-order valence-corrected chi connectivity index (χ2v) is 7.91. The van der Waals surface area contributed by atoms with Crippen LogP contribution in [0.3, 0.4) is 0 Å². The number of rotatable bonds is 7. The molecule has 0 bridgehead atoms. The van der Waals surface area contributed by atoms with E-state index in [2.05, 4.69) is 22.5 Å². The molecule has 7 heteroatoms. The lowest BCUT2D eigenvalue weighted by Crippen LogP contribution is -2.64. The van der Waals surface area contributed by atoms with E-state index in [1.807, 2.05) is 47.5 Å². The van der Waals surface area contributed by atoms with Crippen LogP contribution in [-0.2, 0) is 9.59 Å². The molecule has 1 aromatic heterocycles. The highest BCUT2D eigenvalue weighted by Gasteiger charge is 2.42. The lowest BCUT2D eigenvalue weighted by Gasteiger charge is -2.43. The molecule has 144 valence electrons. The fourth-order valence-electron chi connectivity index (χ4n) is 3.59. The number of carbonyl (C=O) groups excluding carboxylic acids is 2. The highest BCUT2D eigenvalue weighted by atomic mass is 32.1. The van der Waals surface area contributed by atoms with Crippen LogP contribution in [0.1, 0.15) is 43.3 Å². The van der Waals surface area contributed by atoms with Gasteiger partial charge in [0.2, 0.25) is 11.8 Å². The van der Waals surface area contributed by atoms with Crippen molar-refractivity contribution in [2.45, 2.75) is 38.3 Å². The second kappa shape index (κ2) is 8.63. The zero-order valence-corrected chi connectivity index (χ0v) is 16.6. The molecule has 0 aliphatic carbocycles. The van der Waals surface area contributed by atoms with Gasteiger partial charge in [0, 0.05) is 24.7 Å². The van der Waals surface area contributed by atoms with Gasteiger partial charge in [-0.05, 0) is 18.9 Å². The van der Waals surface area contributed by atoms with Crippen molar-refractivity contribution in [1.29, 1.82) is 0 Å². The average Bonchev–Trinajstić information content (AvgIpc) is 3.19. The molecule has 1 saturated heterocycles. The second-order valence-electron chi connectivity index (χ2n) is 6.98. The molecule has 2 aromatic rings. The molecule has 2 heterocycles. The topological polar surface area (TPSA) is 74.3 Å². The quantitative estimate of drug-likeness (QED) is 0.766. The third-order valence-corrected chi connectivity index (χ3v) is 5.90. The van der Waals surface area contributed by atoms with Crippen molar-refractivity contribution in [2.24, 2.45) is 0 Å². The fraction of sp³-hybridized carbons (Fsp3) is 0.450. The lowest BCUT2D eigenvalue weighted by molar-refractivity contribution is -0.139. The molecule has 2 amide bonds. The van der Waals surface area contributed by atoms with Gasteiger partial charge in [-0.1, -0.05) is 43.7 Å². The Bertz CT molecular complexity index is 766. The van der Waals surface area contributed by atoms with Crippen molar-refractivity contribution in [3.63, 3.8) is 0 Å². The number of hydrogen-bond donors (Lipinski definition) is 2. The summed E-state index contributed by atoms with van der Waals surface area (Å²) in [7, 11) is 0. The Morgan fingerprint density at radius 3 is 2.85 bits per heavy atom. The molecule has 2 atom stereocenters. The largest absolute Gasteiger partial charge is 0.353 e. The Hall–Kier alpha value is -2.25. The Kier molecular flexibility index (Phi) is 6.23. The summed E-state index contributed by atoms with van der Waals surface area (Å²) in [6.07, 6.45) is 3.35. The van der Waals surface area contributed by atoms with Gasteiger partial charge >= 0.3 is 0 Å². The highest BCUT2D eigenvalue weighted by Crippen LogP contribution is 2.26. The van der Waals surface area contributed by atoms with Gasteiger partial charge in [-0.15, -0.1) is 11.3 Å². The van der Waals surface area contributed by atoms with Crippen LogP contribution >= 0.6 is 11.3 Å². The first-order chi connectivity index (χ1) is 13.0. The van der Waals surface area contributed by atoms with Gasteiger partial charge in [0.25, 0.3) is 0 Å². The molecule has 1 aliphatic heterocycles. The molecule has 1 aliphatic rings. The SMILES string of the molecule is CCC[C@]1(C)C(=O)NCCN1CC(=O)N[C@@H](c1ccccc1)c1nccs1. The van der Waals surface area contributed by atoms with E-state index in [4.69, 9.17) is 0 Å². The number of benzene rings is 1.